The zero-order valence-electron chi connectivity index (χ0n) is 10.1. The Morgan fingerprint density at radius 1 is 1.37 bits per heavy atom. The molecular weight excluding hydrogens is 308 g/mol. The van der Waals surface area contributed by atoms with Gasteiger partial charge in [-0.3, -0.25) is 4.79 Å². The molecule has 0 atom stereocenters. The Kier molecular flexibility index (Phi) is 3.93. The molecule has 0 radical (unpaired) electrons. The van der Waals surface area contributed by atoms with Crippen molar-refractivity contribution in [1.82, 2.24) is 4.98 Å². The molecule has 0 spiro atoms. The average Bonchev–Trinajstić information content (AvgIpc) is 2.41. The number of hydrogen-bond acceptors (Lipinski definition) is 3. The van der Waals surface area contributed by atoms with E-state index < -0.39 is 0 Å². The second kappa shape index (κ2) is 5.63. The molecule has 0 aliphatic heterocycles. The van der Waals surface area contributed by atoms with Crippen LogP contribution in [0.5, 0.6) is 11.6 Å². The lowest BCUT2D eigenvalue weighted by Gasteiger charge is -2.07. The lowest BCUT2D eigenvalue weighted by Crippen LogP contribution is -1.91. The van der Waals surface area contributed by atoms with Crippen molar-refractivity contribution in [2.75, 3.05) is 0 Å². The standard InChI is InChI=1S/C14H9BrN2O2/c1-9-13(16-2)5-6-14(17-9)19-11-3-4-12(15)10(7-11)8-18/h3-8H,1H3. The molecule has 0 unspecified atom stereocenters. The van der Waals surface area contributed by atoms with Crippen molar-refractivity contribution in [3.63, 3.8) is 0 Å². The van der Waals surface area contributed by atoms with E-state index in [9.17, 15) is 4.79 Å². The van der Waals surface area contributed by atoms with E-state index in [1.807, 2.05) is 0 Å². The van der Waals surface area contributed by atoms with Gasteiger partial charge in [-0.1, -0.05) is 15.9 Å². The molecule has 0 amide bonds. The summed E-state index contributed by atoms with van der Waals surface area (Å²) < 4.78 is 6.27. The first-order valence-corrected chi connectivity index (χ1v) is 6.21. The zero-order chi connectivity index (χ0) is 13.8. The normalized spacial score (nSPS) is 9.74. The highest BCUT2D eigenvalue weighted by molar-refractivity contribution is 9.10. The average molecular weight is 317 g/mol. The third-order valence-corrected chi connectivity index (χ3v) is 3.19. The van der Waals surface area contributed by atoms with Crippen LogP contribution in [0.2, 0.25) is 0 Å². The second-order valence-electron chi connectivity index (χ2n) is 3.77. The van der Waals surface area contributed by atoms with Crippen molar-refractivity contribution in [2.45, 2.75) is 6.92 Å². The Hall–Kier alpha value is -2.19. The van der Waals surface area contributed by atoms with Crippen molar-refractivity contribution in [2.24, 2.45) is 0 Å². The molecule has 0 aliphatic rings. The number of carbonyl (C=O) groups is 1. The van der Waals surface area contributed by atoms with Crippen LogP contribution in [-0.4, -0.2) is 11.3 Å². The van der Waals surface area contributed by atoms with Gasteiger partial charge < -0.3 is 4.74 Å². The molecule has 4 nitrogen and oxygen atoms in total. The molecule has 1 heterocycles. The van der Waals surface area contributed by atoms with Crippen LogP contribution < -0.4 is 4.74 Å². The number of benzene rings is 1. The van der Waals surface area contributed by atoms with E-state index in [0.29, 0.717) is 33.0 Å². The highest BCUT2D eigenvalue weighted by Crippen LogP contribution is 2.27. The topological polar surface area (TPSA) is 43.5 Å². The third-order valence-electron chi connectivity index (χ3n) is 2.47. The Morgan fingerprint density at radius 3 is 2.79 bits per heavy atom. The lowest BCUT2D eigenvalue weighted by atomic mass is 10.2. The van der Waals surface area contributed by atoms with Gasteiger partial charge in [0.2, 0.25) is 11.6 Å². The van der Waals surface area contributed by atoms with Crippen LogP contribution in [0.3, 0.4) is 0 Å². The largest absolute Gasteiger partial charge is 0.439 e. The molecule has 0 saturated carbocycles. The van der Waals surface area contributed by atoms with Crippen LogP contribution in [-0.2, 0) is 0 Å². The van der Waals surface area contributed by atoms with E-state index in [0.717, 1.165) is 6.29 Å². The molecule has 0 saturated heterocycles. The van der Waals surface area contributed by atoms with Gasteiger partial charge in [0.15, 0.2) is 6.29 Å². The first-order valence-electron chi connectivity index (χ1n) is 5.41. The molecule has 2 rings (SSSR count). The van der Waals surface area contributed by atoms with Gasteiger partial charge in [-0.2, -0.15) is 0 Å². The Morgan fingerprint density at radius 2 is 2.16 bits per heavy atom. The molecule has 94 valence electrons. The van der Waals surface area contributed by atoms with Gasteiger partial charge in [0.25, 0.3) is 0 Å². The Labute approximate surface area is 119 Å². The maximum absolute atomic E-state index is 10.8. The number of pyridine rings is 1. The molecule has 1 aromatic carbocycles. The van der Waals surface area contributed by atoms with E-state index in [1.165, 1.54) is 0 Å². The summed E-state index contributed by atoms with van der Waals surface area (Å²) in [4.78, 5) is 18.4. The van der Waals surface area contributed by atoms with E-state index in [2.05, 4.69) is 25.8 Å². The summed E-state index contributed by atoms with van der Waals surface area (Å²) in [5.41, 5.74) is 1.61. The first-order chi connectivity index (χ1) is 9.13. The Balaban J connectivity index is 2.29. The number of aryl methyl sites for hydroxylation is 1. The predicted octanol–water partition coefficient (Wildman–Crippen LogP) is 4.31. The number of carbonyl (C=O) groups excluding carboxylic acids is 1. The minimum Gasteiger partial charge on any atom is -0.439 e. The number of rotatable bonds is 3. The molecular formula is C14H9BrN2O2. The summed E-state index contributed by atoms with van der Waals surface area (Å²) in [6, 6.07) is 8.38. The highest BCUT2D eigenvalue weighted by atomic mass is 79.9. The summed E-state index contributed by atoms with van der Waals surface area (Å²) in [5, 5.41) is 0. The number of nitrogens with zero attached hydrogens (tertiary/aromatic N) is 2. The summed E-state index contributed by atoms with van der Waals surface area (Å²) in [5.74, 6) is 0.914. The minimum atomic E-state index is 0.393. The van der Waals surface area contributed by atoms with Crippen LogP contribution >= 0.6 is 15.9 Å². The van der Waals surface area contributed by atoms with Gasteiger partial charge in [0.1, 0.15) is 5.75 Å². The van der Waals surface area contributed by atoms with Crippen LogP contribution in [0.25, 0.3) is 4.85 Å². The quantitative estimate of drug-likeness (QED) is 0.626. The van der Waals surface area contributed by atoms with E-state index in [4.69, 9.17) is 11.3 Å². The monoisotopic (exact) mass is 316 g/mol. The lowest BCUT2D eigenvalue weighted by molar-refractivity contribution is 0.112. The maximum atomic E-state index is 10.8. The van der Waals surface area contributed by atoms with Crippen LogP contribution in [0.4, 0.5) is 5.69 Å². The van der Waals surface area contributed by atoms with Gasteiger partial charge in [-0.25, -0.2) is 9.83 Å². The van der Waals surface area contributed by atoms with Crippen LogP contribution in [0, 0.1) is 13.5 Å². The van der Waals surface area contributed by atoms with Gasteiger partial charge in [-0.05, 0) is 37.3 Å². The van der Waals surface area contributed by atoms with Gasteiger partial charge in [0.05, 0.1) is 6.57 Å². The zero-order valence-corrected chi connectivity index (χ0v) is 11.6. The van der Waals surface area contributed by atoms with Gasteiger partial charge >= 0.3 is 0 Å². The van der Waals surface area contributed by atoms with E-state index in [-0.39, 0.29) is 0 Å². The van der Waals surface area contributed by atoms with Crippen LogP contribution in [0.1, 0.15) is 16.1 Å². The maximum Gasteiger partial charge on any atom is 0.216 e. The summed E-state index contributed by atoms with van der Waals surface area (Å²) >= 11 is 3.27. The van der Waals surface area contributed by atoms with E-state index >= 15 is 0 Å². The Bertz CT molecular complexity index is 678. The number of aldehydes is 1. The smallest absolute Gasteiger partial charge is 0.216 e. The van der Waals surface area contributed by atoms with Crippen molar-refractivity contribution < 1.29 is 9.53 Å². The van der Waals surface area contributed by atoms with Gasteiger partial charge in [-0.15, -0.1) is 0 Å². The number of hydrogen-bond donors (Lipinski definition) is 0. The summed E-state index contributed by atoms with van der Waals surface area (Å²) in [7, 11) is 0. The number of ether oxygens (including phenoxy) is 1. The van der Waals surface area contributed by atoms with Gasteiger partial charge in [0, 0.05) is 15.7 Å². The molecule has 0 fully saturated rings. The van der Waals surface area contributed by atoms with Crippen molar-refractivity contribution >= 4 is 27.9 Å². The summed E-state index contributed by atoms with van der Waals surface area (Å²) in [6.45, 7) is 8.70. The summed E-state index contributed by atoms with van der Waals surface area (Å²) in [6.07, 6.45) is 0.748. The molecule has 19 heavy (non-hydrogen) atoms. The molecule has 2 aromatic rings. The molecule has 1 aromatic heterocycles. The fourth-order valence-electron chi connectivity index (χ4n) is 1.50. The minimum absolute atomic E-state index is 0.393. The number of aromatic nitrogens is 1. The van der Waals surface area contributed by atoms with Crippen molar-refractivity contribution in [3.8, 4) is 11.6 Å². The first kappa shape index (κ1) is 13.2. The third kappa shape index (κ3) is 2.98. The number of halogens is 1. The van der Waals surface area contributed by atoms with Crippen molar-refractivity contribution in [1.29, 1.82) is 0 Å². The fourth-order valence-corrected chi connectivity index (χ4v) is 1.84. The van der Waals surface area contributed by atoms with E-state index in [1.54, 1.807) is 37.3 Å². The fraction of sp³-hybridized carbons (Fsp3) is 0.0714. The molecule has 0 aliphatic carbocycles. The second-order valence-corrected chi connectivity index (χ2v) is 4.62. The predicted molar refractivity (Wildman–Crippen MR) is 74.8 cm³/mol. The SMILES string of the molecule is [C-]#[N+]c1ccc(Oc2ccc(Br)c(C=O)c2)nc1C. The molecule has 0 N–H and O–H groups in total. The van der Waals surface area contributed by atoms with Crippen LogP contribution in [0.15, 0.2) is 34.8 Å². The van der Waals surface area contributed by atoms with Crippen molar-refractivity contribution in [3.05, 3.63) is 57.5 Å². The molecule has 0 bridgehead atoms. The molecule has 5 heteroatoms. The highest BCUT2D eigenvalue weighted by Gasteiger charge is 2.05.